The van der Waals surface area contributed by atoms with Crippen LogP contribution in [0, 0.1) is 0 Å². The van der Waals surface area contributed by atoms with Crippen LogP contribution >= 0.6 is 0 Å². The van der Waals surface area contributed by atoms with Crippen molar-refractivity contribution in [3.05, 3.63) is 46.8 Å². The minimum absolute atomic E-state index is 0.125. The van der Waals surface area contributed by atoms with Crippen LogP contribution < -0.4 is 15.8 Å². The molecule has 0 bridgehead atoms. The SMILES string of the molecule is CC(C)c1nn(CC(=O)Nc2ccc3nncn3c2)c(=O)cc1N1CC[C@@H](N(C)C)C1. The lowest BCUT2D eigenvalue weighted by Crippen LogP contribution is -2.35. The van der Waals surface area contributed by atoms with E-state index in [1.165, 1.54) is 4.68 Å². The zero-order valence-corrected chi connectivity index (χ0v) is 18.3. The number of fused-ring (bicyclic) bond motifs is 1. The Labute approximate surface area is 180 Å². The topological polar surface area (TPSA) is 101 Å². The Bertz CT molecular complexity index is 1150. The van der Waals surface area contributed by atoms with Crippen molar-refractivity contribution in [3.63, 3.8) is 0 Å². The van der Waals surface area contributed by atoms with Crippen LogP contribution in [0.4, 0.5) is 11.4 Å². The molecule has 1 aliphatic rings. The summed E-state index contributed by atoms with van der Waals surface area (Å²) in [6, 6.07) is 5.58. The van der Waals surface area contributed by atoms with Crippen LogP contribution in [0.5, 0.6) is 0 Å². The van der Waals surface area contributed by atoms with Gasteiger partial charge in [-0.1, -0.05) is 13.8 Å². The van der Waals surface area contributed by atoms with Gasteiger partial charge in [0.05, 0.1) is 17.1 Å². The van der Waals surface area contributed by atoms with Crippen molar-refractivity contribution in [2.24, 2.45) is 0 Å². The Kier molecular flexibility index (Phi) is 5.73. The predicted octanol–water partition coefficient (Wildman–Crippen LogP) is 1.19. The number of hydrogen-bond donors (Lipinski definition) is 1. The zero-order chi connectivity index (χ0) is 22.1. The predicted molar refractivity (Wildman–Crippen MR) is 119 cm³/mol. The summed E-state index contributed by atoms with van der Waals surface area (Å²) in [6.45, 7) is 5.70. The van der Waals surface area contributed by atoms with Crippen LogP contribution in [0.25, 0.3) is 5.65 Å². The molecule has 0 unspecified atom stereocenters. The van der Waals surface area contributed by atoms with Gasteiger partial charge in [0, 0.05) is 31.4 Å². The number of carbonyl (C=O) groups excluding carboxylic acids is 1. The van der Waals surface area contributed by atoms with E-state index in [0.29, 0.717) is 17.4 Å². The third-order valence-corrected chi connectivity index (χ3v) is 5.65. The van der Waals surface area contributed by atoms with Gasteiger partial charge in [-0.15, -0.1) is 10.2 Å². The number of rotatable bonds is 6. The molecule has 3 aromatic heterocycles. The zero-order valence-electron chi connectivity index (χ0n) is 18.3. The summed E-state index contributed by atoms with van der Waals surface area (Å²) in [6.07, 6.45) is 4.33. The van der Waals surface area contributed by atoms with Gasteiger partial charge in [-0.25, -0.2) is 4.68 Å². The van der Waals surface area contributed by atoms with E-state index in [2.05, 4.69) is 58.4 Å². The molecule has 1 amide bonds. The molecule has 3 aromatic rings. The maximum atomic E-state index is 12.8. The summed E-state index contributed by atoms with van der Waals surface area (Å²) < 4.78 is 2.95. The van der Waals surface area contributed by atoms with E-state index >= 15 is 0 Å². The van der Waals surface area contributed by atoms with E-state index in [-0.39, 0.29) is 23.9 Å². The van der Waals surface area contributed by atoms with Crippen LogP contribution in [0.2, 0.25) is 0 Å². The quantitative estimate of drug-likeness (QED) is 0.634. The van der Waals surface area contributed by atoms with Crippen molar-refractivity contribution < 1.29 is 4.79 Å². The number of likely N-dealkylation sites (N-methyl/N-ethyl adjacent to an activating group) is 1. The first kappa shape index (κ1) is 21.0. The first-order valence-electron chi connectivity index (χ1n) is 10.4. The molecule has 1 aliphatic heterocycles. The Morgan fingerprint density at radius 1 is 1.32 bits per heavy atom. The summed E-state index contributed by atoms with van der Waals surface area (Å²) in [7, 11) is 4.15. The maximum Gasteiger partial charge on any atom is 0.269 e. The first-order valence-corrected chi connectivity index (χ1v) is 10.4. The van der Waals surface area contributed by atoms with E-state index in [1.54, 1.807) is 35.1 Å². The van der Waals surface area contributed by atoms with Gasteiger partial charge in [0.2, 0.25) is 5.91 Å². The van der Waals surface area contributed by atoms with Crippen molar-refractivity contribution in [1.82, 2.24) is 29.3 Å². The van der Waals surface area contributed by atoms with Gasteiger partial charge in [-0.2, -0.15) is 5.10 Å². The fraction of sp³-hybridized carbons (Fsp3) is 0.476. The van der Waals surface area contributed by atoms with E-state index in [9.17, 15) is 9.59 Å². The molecule has 164 valence electrons. The smallest absolute Gasteiger partial charge is 0.269 e. The van der Waals surface area contributed by atoms with Crippen LogP contribution in [0.15, 0.2) is 35.5 Å². The molecule has 1 saturated heterocycles. The fourth-order valence-electron chi connectivity index (χ4n) is 3.89. The number of nitrogens with zero attached hydrogens (tertiary/aromatic N) is 7. The molecule has 1 atom stereocenters. The van der Waals surface area contributed by atoms with Crippen molar-refractivity contribution in [2.75, 3.05) is 37.4 Å². The standard InChI is InChI=1S/C21H28N8O2/c1-14(2)21-17(27-8-7-16(11-27)26(3)4)9-20(31)29(25-21)12-19(30)23-15-5-6-18-24-22-13-28(18)10-15/h5-6,9-10,13-14,16H,7-8,11-12H2,1-4H3,(H,23,30)/t16-/m1/s1. The molecule has 0 aromatic carbocycles. The summed E-state index contributed by atoms with van der Waals surface area (Å²) in [5.41, 5.74) is 2.71. The van der Waals surface area contributed by atoms with Crippen molar-refractivity contribution in [2.45, 2.75) is 38.8 Å². The average molecular weight is 425 g/mol. The Balaban J connectivity index is 1.53. The van der Waals surface area contributed by atoms with Gasteiger partial charge in [0.1, 0.15) is 12.9 Å². The second kappa shape index (κ2) is 8.46. The normalized spacial score (nSPS) is 16.6. The third-order valence-electron chi connectivity index (χ3n) is 5.65. The highest BCUT2D eigenvalue weighted by Crippen LogP contribution is 2.28. The van der Waals surface area contributed by atoms with Crippen LogP contribution in [0.1, 0.15) is 31.9 Å². The molecule has 31 heavy (non-hydrogen) atoms. The molecule has 10 heteroatoms. The molecule has 0 spiro atoms. The number of anilines is 2. The second-order valence-corrected chi connectivity index (χ2v) is 8.48. The molecule has 1 N–H and O–H groups in total. The lowest BCUT2D eigenvalue weighted by atomic mass is 10.1. The van der Waals surface area contributed by atoms with Gasteiger partial charge >= 0.3 is 0 Å². The van der Waals surface area contributed by atoms with Crippen molar-refractivity contribution >= 4 is 22.9 Å². The molecule has 4 rings (SSSR count). The van der Waals surface area contributed by atoms with Crippen molar-refractivity contribution in [3.8, 4) is 0 Å². The molecule has 0 saturated carbocycles. The molecule has 0 radical (unpaired) electrons. The molecule has 10 nitrogen and oxygen atoms in total. The van der Waals surface area contributed by atoms with Gasteiger partial charge in [0.15, 0.2) is 5.65 Å². The van der Waals surface area contributed by atoms with E-state index < -0.39 is 0 Å². The minimum atomic E-state index is -0.321. The summed E-state index contributed by atoms with van der Waals surface area (Å²) in [4.78, 5) is 29.8. The van der Waals surface area contributed by atoms with Crippen LogP contribution in [0.3, 0.4) is 0 Å². The van der Waals surface area contributed by atoms with E-state index in [1.807, 2.05) is 0 Å². The third kappa shape index (κ3) is 4.43. The van der Waals surface area contributed by atoms with Crippen LogP contribution in [-0.2, 0) is 11.3 Å². The summed E-state index contributed by atoms with van der Waals surface area (Å²) in [5, 5.41) is 15.1. The number of amides is 1. The van der Waals surface area contributed by atoms with Gasteiger partial charge in [-0.3, -0.25) is 14.0 Å². The number of hydrogen-bond acceptors (Lipinski definition) is 7. The maximum absolute atomic E-state index is 12.8. The van der Waals surface area contributed by atoms with Gasteiger partial charge in [0.25, 0.3) is 5.56 Å². The molecule has 4 heterocycles. The highest BCUT2D eigenvalue weighted by molar-refractivity contribution is 5.90. The summed E-state index contributed by atoms with van der Waals surface area (Å²) >= 11 is 0. The lowest BCUT2D eigenvalue weighted by Gasteiger charge is -2.25. The molecule has 0 aliphatic carbocycles. The number of nitrogens with one attached hydrogen (secondary N) is 1. The largest absolute Gasteiger partial charge is 0.368 e. The molecular formula is C21H28N8O2. The Hall–Kier alpha value is -3.27. The van der Waals surface area contributed by atoms with Gasteiger partial charge < -0.3 is 15.1 Å². The van der Waals surface area contributed by atoms with Crippen molar-refractivity contribution in [1.29, 1.82) is 0 Å². The number of aromatic nitrogens is 5. The second-order valence-electron chi connectivity index (χ2n) is 8.48. The Morgan fingerprint density at radius 3 is 2.84 bits per heavy atom. The van der Waals surface area contributed by atoms with Gasteiger partial charge in [-0.05, 0) is 38.6 Å². The molecule has 1 fully saturated rings. The van der Waals surface area contributed by atoms with E-state index in [4.69, 9.17) is 0 Å². The number of pyridine rings is 1. The average Bonchev–Trinajstić information content (AvgIpc) is 3.38. The highest BCUT2D eigenvalue weighted by Gasteiger charge is 2.27. The minimum Gasteiger partial charge on any atom is -0.368 e. The monoisotopic (exact) mass is 424 g/mol. The first-order chi connectivity index (χ1) is 14.8. The number of carbonyl (C=O) groups is 1. The fourth-order valence-corrected chi connectivity index (χ4v) is 3.89. The summed E-state index contributed by atoms with van der Waals surface area (Å²) in [5.74, 6) is -0.196. The Morgan fingerprint density at radius 2 is 2.13 bits per heavy atom. The van der Waals surface area contributed by atoms with E-state index in [0.717, 1.165) is 30.9 Å². The lowest BCUT2D eigenvalue weighted by molar-refractivity contribution is -0.117. The highest BCUT2D eigenvalue weighted by atomic mass is 16.2. The van der Waals surface area contributed by atoms with Crippen LogP contribution in [-0.4, -0.2) is 68.4 Å². The molecular weight excluding hydrogens is 396 g/mol.